The molecule has 0 saturated carbocycles. The highest BCUT2D eigenvalue weighted by Gasteiger charge is 2.10. The van der Waals surface area contributed by atoms with Gasteiger partial charge in [0.1, 0.15) is 5.69 Å². The van der Waals surface area contributed by atoms with E-state index in [4.69, 9.17) is 5.14 Å². The summed E-state index contributed by atoms with van der Waals surface area (Å²) >= 11 is 0. The van der Waals surface area contributed by atoms with Crippen molar-refractivity contribution in [3.63, 3.8) is 0 Å². The van der Waals surface area contributed by atoms with Crippen molar-refractivity contribution < 1.29 is 13.5 Å². The van der Waals surface area contributed by atoms with Crippen LogP contribution in [-0.2, 0) is 10.0 Å². The molecule has 6 nitrogen and oxygen atoms in total. The first-order valence-corrected chi connectivity index (χ1v) is 6.08. The smallest absolute Gasteiger partial charge is 0.238 e. The average Bonchev–Trinajstić information content (AvgIpc) is 2.27. The van der Waals surface area contributed by atoms with E-state index in [-0.39, 0.29) is 10.6 Å². The molecule has 0 saturated heterocycles. The molecule has 0 aliphatic carbocycles. The standard InChI is InChI=1S/C10H8N2O4S/c11-17(15,16)7-2-3-8-6(5-7)1-4-9(13)10(8)12-14/h1-5,13H,(H2,11,15,16)/p-1. The molecule has 0 aromatic heterocycles. The molecular weight excluding hydrogens is 244 g/mol. The van der Waals surface area contributed by atoms with Crippen LogP contribution in [0, 0.1) is 4.91 Å². The maximum atomic E-state index is 11.3. The minimum Gasteiger partial charge on any atom is -0.871 e. The Hall–Kier alpha value is -1.99. The van der Waals surface area contributed by atoms with Gasteiger partial charge in [-0.25, -0.2) is 13.6 Å². The van der Waals surface area contributed by atoms with Crippen LogP contribution < -0.4 is 10.2 Å². The van der Waals surface area contributed by atoms with Crippen molar-refractivity contribution in [1.29, 1.82) is 0 Å². The van der Waals surface area contributed by atoms with Crippen LogP contribution >= 0.6 is 0 Å². The first kappa shape index (κ1) is 11.5. The molecule has 0 radical (unpaired) electrons. The topological polar surface area (TPSA) is 113 Å². The fourth-order valence-electron chi connectivity index (χ4n) is 1.54. The van der Waals surface area contributed by atoms with Crippen molar-refractivity contribution in [1.82, 2.24) is 0 Å². The van der Waals surface area contributed by atoms with Gasteiger partial charge in [-0.05, 0) is 22.7 Å². The van der Waals surface area contributed by atoms with E-state index in [0.717, 1.165) is 6.07 Å². The largest absolute Gasteiger partial charge is 0.871 e. The molecule has 0 heterocycles. The molecule has 0 spiro atoms. The molecular formula is C10H7N2O4S-. The molecule has 0 aliphatic rings. The number of hydrogen-bond donors (Lipinski definition) is 1. The molecule has 0 atom stereocenters. The van der Waals surface area contributed by atoms with E-state index >= 15 is 0 Å². The summed E-state index contributed by atoms with van der Waals surface area (Å²) in [7, 11) is -3.81. The lowest BCUT2D eigenvalue weighted by Crippen LogP contribution is -2.11. The predicted molar refractivity (Wildman–Crippen MR) is 60.2 cm³/mol. The first-order valence-electron chi connectivity index (χ1n) is 4.53. The third-order valence-corrected chi connectivity index (χ3v) is 3.26. The van der Waals surface area contributed by atoms with Gasteiger partial charge in [-0.2, -0.15) is 0 Å². The van der Waals surface area contributed by atoms with Crippen LogP contribution in [0.1, 0.15) is 0 Å². The monoisotopic (exact) mass is 251 g/mol. The van der Waals surface area contributed by atoms with Crippen LogP contribution in [0.2, 0.25) is 0 Å². The van der Waals surface area contributed by atoms with Crippen LogP contribution in [0.15, 0.2) is 40.4 Å². The zero-order chi connectivity index (χ0) is 12.6. The quantitative estimate of drug-likeness (QED) is 0.800. The van der Waals surface area contributed by atoms with Gasteiger partial charge < -0.3 is 5.11 Å². The van der Waals surface area contributed by atoms with Crippen LogP contribution in [0.5, 0.6) is 5.75 Å². The summed E-state index contributed by atoms with van der Waals surface area (Å²) in [5, 5.41) is 19.7. The molecule has 2 N–H and O–H groups in total. The highest BCUT2D eigenvalue weighted by molar-refractivity contribution is 7.89. The molecule has 0 aliphatic heterocycles. The summed E-state index contributed by atoms with van der Waals surface area (Å²) in [5.41, 5.74) is -0.233. The van der Waals surface area contributed by atoms with Gasteiger partial charge >= 0.3 is 0 Å². The van der Waals surface area contributed by atoms with Gasteiger partial charge in [-0.15, -0.1) is 4.91 Å². The van der Waals surface area contributed by atoms with Crippen LogP contribution in [-0.4, -0.2) is 8.42 Å². The van der Waals surface area contributed by atoms with Crippen LogP contribution in [0.3, 0.4) is 0 Å². The van der Waals surface area contributed by atoms with Gasteiger partial charge in [0.25, 0.3) is 0 Å². The second-order valence-electron chi connectivity index (χ2n) is 3.43. The fraction of sp³-hybridized carbons (Fsp3) is 0. The highest BCUT2D eigenvalue weighted by Crippen LogP contribution is 2.33. The van der Waals surface area contributed by atoms with Gasteiger partial charge in [-0.3, -0.25) is 0 Å². The van der Waals surface area contributed by atoms with Crippen molar-refractivity contribution in [2.45, 2.75) is 4.90 Å². The third-order valence-electron chi connectivity index (χ3n) is 2.35. The Labute approximate surface area is 96.7 Å². The highest BCUT2D eigenvalue weighted by atomic mass is 32.2. The first-order chi connectivity index (χ1) is 7.93. The minimum absolute atomic E-state index is 0.0829. The second-order valence-corrected chi connectivity index (χ2v) is 4.99. The van der Waals surface area contributed by atoms with E-state index in [1.165, 1.54) is 24.3 Å². The third kappa shape index (κ3) is 1.97. The number of sulfonamides is 1. The summed E-state index contributed by atoms with van der Waals surface area (Å²) in [5.74, 6) is -0.504. The summed E-state index contributed by atoms with van der Waals surface area (Å²) in [6, 6.07) is 6.44. The number of rotatable bonds is 2. The normalized spacial score (nSPS) is 11.6. The molecule has 2 aromatic carbocycles. The second kappa shape index (κ2) is 3.79. The van der Waals surface area contributed by atoms with Crippen molar-refractivity contribution >= 4 is 26.5 Å². The predicted octanol–water partition coefficient (Wildman–Crippen LogP) is 0.959. The minimum atomic E-state index is -3.81. The van der Waals surface area contributed by atoms with Crippen molar-refractivity contribution in [3.05, 3.63) is 35.2 Å². The summed E-state index contributed by atoms with van der Waals surface area (Å²) in [6.45, 7) is 0. The van der Waals surface area contributed by atoms with E-state index < -0.39 is 15.8 Å². The lowest BCUT2D eigenvalue weighted by atomic mass is 10.1. The molecule has 0 unspecified atom stereocenters. The molecule has 0 amide bonds. The van der Waals surface area contributed by atoms with Crippen molar-refractivity contribution in [2.75, 3.05) is 0 Å². The molecule has 88 valence electrons. The molecule has 0 fully saturated rings. The Balaban J connectivity index is 2.82. The van der Waals surface area contributed by atoms with E-state index in [1.807, 2.05) is 0 Å². The zero-order valence-electron chi connectivity index (χ0n) is 8.45. The van der Waals surface area contributed by atoms with Gasteiger partial charge in [0.05, 0.1) is 4.90 Å². The lowest BCUT2D eigenvalue weighted by molar-refractivity contribution is -0.267. The summed E-state index contributed by atoms with van der Waals surface area (Å²) in [6.07, 6.45) is 0. The lowest BCUT2D eigenvalue weighted by Gasteiger charge is -2.10. The fourth-order valence-corrected chi connectivity index (χ4v) is 2.09. The van der Waals surface area contributed by atoms with Crippen LogP contribution in [0.4, 0.5) is 5.69 Å². The number of nitrogens with two attached hydrogens (primary N) is 1. The van der Waals surface area contributed by atoms with Crippen molar-refractivity contribution in [3.8, 4) is 5.75 Å². The van der Waals surface area contributed by atoms with Gasteiger partial charge in [0, 0.05) is 5.39 Å². The molecule has 2 rings (SSSR count). The Kier molecular flexibility index (Phi) is 2.56. The van der Waals surface area contributed by atoms with Crippen LogP contribution in [0.25, 0.3) is 10.8 Å². The SMILES string of the molecule is NS(=O)(=O)c1ccc2c(N=O)c([O-])ccc2c1. The Morgan fingerprint density at radius 3 is 2.47 bits per heavy atom. The van der Waals surface area contributed by atoms with Gasteiger partial charge in [0.2, 0.25) is 10.0 Å². The maximum absolute atomic E-state index is 11.3. The average molecular weight is 251 g/mol. The molecule has 17 heavy (non-hydrogen) atoms. The van der Waals surface area contributed by atoms with Crippen molar-refractivity contribution in [2.24, 2.45) is 10.3 Å². The molecule has 7 heteroatoms. The van der Waals surface area contributed by atoms with E-state index in [0.29, 0.717) is 10.8 Å². The molecule has 0 bridgehead atoms. The zero-order valence-corrected chi connectivity index (χ0v) is 9.27. The Morgan fingerprint density at radius 2 is 1.88 bits per heavy atom. The number of nitrogens with zero attached hydrogens (tertiary/aromatic N) is 1. The number of primary sulfonamides is 1. The van der Waals surface area contributed by atoms with E-state index in [2.05, 4.69) is 5.18 Å². The van der Waals surface area contributed by atoms with Gasteiger partial charge in [0.15, 0.2) is 0 Å². The number of nitroso groups, excluding NO2 is 1. The summed E-state index contributed by atoms with van der Waals surface area (Å²) < 4.78 is 22.3. The van der Waals surface area contributed by atoms with E-state index in [1.54, 1.807) is 0 Å². The number of fused-ring (bicyclic) bond motifs is 1. The maximum Gasteiger partial charge on any atom is 0.238 e. The number of hydrogen-bond acceptors (Lipinski definition) is 5. The van der Waals surface area contributed by atoms with Gasteiger partial charge in [-0.1, -0.05) is 23.9 Å². The Bertz CT molecular complexity index is 710. The number of benzene rings is 2. The molecule has 2 aromatic rings. The van der Waals surface area contributed by atoms with E-state index in [9.17, 15) is 18.4 Å². The Morgan fingerprint density at radius 1 is 1.18 bits per heavy atom. The summed E-state index contributed by atoms with van der Waals surface area (Å²) in [4.78, 5) is 10.4.